The number of likely N-dealkylation sites (tertiary alicyclic amines) is 1. The summed E-state index contributed by atoms with van der Waals surface area (Å²) in [5, 5.41) is 3.88. The highest BCUT2D eigenvalue weighted by molar-refractivity contribution is 6.30. The quantitative estimate of drug-likeness (QED) is 0.232. The van der Waals surface area contributed by atoms with Crippen LogP contribution in [-0.2, 0) is 21.4 Å². The van der Waals surface area contributed by atoms with Gasteiger partial charge in [0.2, 0.25) is 0 Å². The van der Waals surface area contributed by atoms with Gasteiger partial charge in [-0.1, -0.05) is 44.9 Å². The van der Waals surface area contributed by atoms with Crippen LogP contribution in [0.3, 0.4) is 0 Å². The number of aldehydes is 1. The number of nitrogens with zero attached hydrogens (tertiary/aromatic N) is 1. The van der Waals surface area contributed by atoms with Gasteiger partial charge in [0.05, 0.1) is 5.41 Å². The normalized spacial score (nSPS) is 16.9. The first-order valence-corrected chi connectivity index (χ1v) is 15.0. The predicted octanol–water partition coefficient (Wildman–Crippen LogP) is 7.44. The molecule has 1 fully saturated rings. The van der Waals surface area contributed by atoms with Crippen molar-refractivity contribution in [3.63, 3.8) is 0 Å². The van der Waals surface area contributed by atoms with E-state index in [9.17, 15) is 9.59 Å². The molecule has 6 heteroatoms. The maximum Gasteiger partial charge on any atom is 0.130 e. The highest BCUT2D eigenvalue weighted by atomic mass is 35.5. The second-order valence-corrected chi connectivity index (χ2v) is 11.9. The standard InChI is InChI=1S/C33H47ClN2O3/c1-6-24(2)7-10-27-21-29(12-13-30(27)25(3)8-9-26(4)38)39-20-19-36-17-15-33(23-37,16-18-36)31-22-28(34)11-14-32(31)35-5/h11-14,21-25,35H,6-10,15-20H2,1-5H3. The van der Waals surface area contributed by atoms with Crippen LogP contribution in [0.25, 0.3) is 0 Å². The molecule has 1 aliphatic rings. The van der Waals surface area contributed by atoms with Gasteiger partial charge in [0.25, 0.3) is 0 Å². The maximum atomic E-state index is 12.3. The van der Waals surface area contributed by atoms with E-state index < -0.39 is 5.41 Å². The second kappa shape index (κ2) is 14.9. The third-order valence-corrected chi connectivity index (χ3v) is 8.85. The number of carbonyl (C=O) groups excluding carboxylic acids is 2. The van der Waals surface area contributed by atoms with Crippen molar-refractivity contribution in [1.82, 2.24) is 4.90 Å². The Hall–Kier alpha value is -2.37. The molecule has 0 bridgehead atoms. The van der Waals surface area contributed by atoms with Gasteiger partial charge in [0, 0.05) is 30.7 Å². The second-order valence-electron chi connectivity index (χ2n) is 11.5. The first-order chi connectivity index (χ1) is 18.7. The molecule has 39 heavy (non-hydrogen) atoms. The largest absolute Gasteiger partial charge is 0.492 e. The highest BCUT2D eigenvalue weighted by Crippen LogP contribution is 2.39. The summed E-state index contributed by atoms with van der Waals surface area (Å²) < 4.78 is 6.24. The van der Waals surface area contributed by atoms with Gasteiger partial charge in [0.1, 0.15) is 24.4 Å². The van der Waals surface area contributed by atoms with Crippen molar-refractivity contribution in [2.45, 2.75) is 84.0 Å². The monoisotopic (exact) mass is 554 g/mol. The lowest BCUT2D eigenvalue weighted by molar-refractivity contribution is -0.117. The van der Waals surface area contributed by atoms with Gasteiger partial charge in [-0.2, -0.15) is 0 Å². The van der Waals surface area contributed by atoms with E-state index in [0.29, 0.717) is 29.9 Å². The van der Waals surface area contributed by atoms with E-state index >= 15 is 0 Å². The summed E-state index contributed by atoms with van der Waals surface area (Å²) in [7, 11) is 1.88. The Morgan fingerprint density at radius 3 is 2.54 bits per heavy atom. The van der Waals surface area contributed by atoms with Gasteiger partial charge in [-0.25, -0.2) is 0 Å². The van der Waals surface area contributed by atoms with Crippen LogP contribution in [0.1, 0.15) is 88.8 Å². The number of ketones is 1. The molecule has 0 aliphatic carbocycles. The van der Waals surface area contributed by atoms with Crippen molar-refractivity contribution < 1.29 is 14.3 Å². The van der Waals surface area contributed by atoms with Crippen LogP contribution in [0.4, 0.5) is 5.69 Å². The molecular weight excluding hydrogens is 508 g/mol. The molecule has 0 aromatic heterocycles. The third-order valence-electron chi connectivity index (χ3n) is 8.62. The molecule has 2 aromatic carbocycles. The van der Waals surface area contributed by atoms with E-state index in [1.54, 1.807) is 6.92 Å². The van der Waals surface area contributed by atoms with Crippen molar-refractivity contribution in [1.29, 1.82) is 0 Å². The van der Waals surface area contributed by atoms with E-state index in [1.807, 2.05) is 25.2 Å². The van der Waals surface area contributed by atoms with Crippen molar-refractivity contribution >= 4 is 29.4 Å². The Bertz CT molecular complexity index is 1090. The number of nitrogens with one attached hydrogen (secondary N) is 1. The van der Waals surface area contributed by atoms with Crippen LogP contribution in [-0.4, -0.2) is 50.3 Å². The number of carbonyl (C=O) groups is 2. The van der Waals surface area contributed by atoms with Crippen LogP contribution in [0.5, 0.6) is 5.75 Å². The minimum atomic E-state index is -0.514. The summed E-state index contributed by atoms with van der Waals surface area (Å²) in [6.07, 6.45) is 7.52. The lowest BCUT2D eigenvalue weighted by Gasteiger charge is -2.39. The minimum absolute atomic E-state index is 0.251. The van der Waals surface area contributed by atoms with Gasteiger partial charge in [-0.15, -0.1) is 0 Å². The molecule has 214 valence electrons. The SMILES string of the molecule is CCC(C)CCc1cc(OCCN2CCC(C=O)(c3cc(Cl)ccc3NC)CC2)ccc1C(C)CCC(C)=O. The average molecular weight is 555 g/mol. The van der Waals surface area contributed by atoms with Gasteiger partial charge in [0.15, 0.2) is 0 Å². The smallest absolute Gasteiger partial charge is 0.130 e. The Morgan fingerprint density at radius 2 is 1.90 bits per heavy atom. The number of hydrogen-bond donors (Lipinski definition) is 1. The molecule has 2 aromatic rings. The molecule has 1 N–H and O–H groups in total. The van der Waals surface area contributed by atoms with Crippen LogP contribution < -0.4 is 10.1 Å². The molecule has 2 unspecified atom stereocenters. The summed E-state index contributed by atoms with van der Waals surface area (Å²) in [6, 6.07) is 12.2. The number of Topliss-reactive ketones (excluding diaryl/α,β-unsaturated/α-hetero) is 1. The number of aryl methyl sites for hydroxylation is 1. The molecule has 1 heterocycles. The Balaban J connectivity index is 1.60. The molecule has 3 rings (SSSR count). The first kappa shape index (κ1) is 31.2. The number of anilines is 1. The van der Waals surface area contributed by atoms with Crippen LogP contribution in [0.15, 0.2) is 36.4 Å². The third kappa shape index (κ3) is 8.56. The number of piperidine rings is 1. The Morgan fingerprint density at radius 1 is 1.15 bits per heavy atom. The molecule has 5 nitrogen and oxygen atoms in total. The van der Waals surface area contributed by atoms with Gasteiger partial charge >= 0.3 is 0 Å². The fourth-order valence-corrected chi connectivity index (χ4v) is 5.79. The zero-order valence-corrected chi connectivity index (χ0v) is 25.3. The molecule has 1 aliphatic heterocycles. The van der Waals surface area contributed by atoms with E-state index in [-0.39, 0.29) is 5.78 Å². The number of halogens is 1. The lowest BCUT2D eigenvalue weighted by atomic mass is 9.73. The van der Waals surface area contributed by atoms with Crippen molar-refractivity contribution in [3.8, 4) is 5.75 Å². The van der Waals surface area contributed by atoms with E-state index in [0.717, 1.165) is 75.0 Å². The average Bonchev–Trinajstić information content (AvgIpc) is 2.95. The lowest BCUT2D eigenvalue weighted by Crippen LogP contribution is -2.45. The minimum Gasteiger partial charge on any atom is -0.492 e. The fraction of sp³-hybridized carbons (Fsp3) is 0.576. The van der Waals surface area contributed by atoms with E-state index in [4.69, 9.17) is 16.3 Å². The Labute approximate surface area is 240 Å². The molecule has 0 radical (unpaired) electrons. The molecule has 2 atom stereocenters. The molecule has 1 saturated heterocycles. The fourth-order valence-electron chi connectivity index (χ4n) is 5.62. The van der Waals surface area contributed by atoms with Crippen molar-refractivity contribution in [3.05, 3.63) is 58.1 Å². The van der Waals surface area contributed by atoms with E-state index in [1.165, 1.54) is 17.5 Å². The molecular formula is C33H47ClN2O3. The summed E-state index contributed by atoms with van der Waals surface area (Å²) in [4.78, 5) is 26.3. The van der Waals surface area contributed by atoms with Gasteiger partial charge in [-0.05, 0) is 111 Å². The molecule has 0 amide bonds. The zero-order valence-electron chi connectivity index (χ0n) is 24.5. The number of benzene rings is 2. The van der Waals surface area contributed by atoms with Crippen LogP contribution >= 0.6 is 11.6 Å². The van der Waals surface area contributed by atoms with E-state index in [2.05, 4.69) is 49.2 Å². The highest BCUT2D eigenvalue weighted by Gasteiger charge is 2.37. The summed E-state index contributed by atoms with van der Waals surface area (Å²) in [5.41, 5.74) is 4.13. The summed E-state index contributed by atoms with van der Waals surface area (Å²) in [6.45, 7) is 11.6. The summed E-state index contributed by atoms with van der Waals surface area (Å²) in [5.74, 6) is 2.20. The Kier molecular flexibility index (Phi) is 11.9. The van der Waals surface area contributed by atoms with Crippen molar-refractivity contribution in [2.75, 3.05) is 38.6 Å². The van der Waals surface area contributed by atoms with Crippen LogP contribution in [0.2, 0.25) is 5.02 Å². The number of ether oxygens (including phenoxy) is 1. The van der Waals surface area contributed by atoms with Gasteiger partial charge < -0.3 is 19.6 Å². The molecule has 0 saturated carbocycles. The first-order valence-electron chi connectivity index (χ1n) is 14.6. The topological polar surface area (TPSA) is 58.6 Å². The zero-order chi connectivity index (χ0) is 28.4. The number of rotatable bonds is 15. The maximum absolute atomic E-state index is 12.3. The molecule has 0 spiro atoms. The summed E-state index contributed by atoms with van der Waals surface area (Å²) >= 11 is 6.29. The van der Waals surface area contributed by atoms with Crippen molar-refractivity contribution in [2.24, 2.45) is 5.92 Å². The number of hydrogen-bond acceptors (Lipinski definition) is 5. The van der Waals surface area contributed by atoms with Gasteiger partial charge in [-0.3, -0.25) is 4.90 Å². The van der Waals surface area contributed by atoms with Crippen LogP contribution in [0, 0.1) is 5.92 Å². The predicted molar refractivity (Wildman–Crippen MR) is 162 cm³/mol.